The van der Waals surface area contributed by atoms with E-state index in [2.05, 4.69) is 11.4 Å². The molecule has 9 heteroatoms. The van der Waals surface area contributed by atoms with Crippen LogP contribution < -0.4 is 10.1 Å². The number of carbonyl (C=O) groups is 2. The van der Waals surface area contributed by atoms with E-state index in [4.69, 9.17) is 9.47 Å². The molecule has 0 atom stereocenters. The highest BCUT2D eigenvalue weighted by atomic mass is 19.4. The fraction of sp³-hybridized carbons (Fsp3) is 0.394. The summed E-state index contributed by atoms with van der Waals surface area (Å²) in [5.41, 5.74) is 3.40. The molecule has 0 aliphatic heterocycles. The molecule has 42 heavy (non-hydrogen) atoms. The molecule has 0 saturated heterocycles. The summed E-state index contributed by atoms with van der Waals surface area (Å²) in [4.78, 5) is 23.5. The Bertz CT molecular complexity index is 1320. The molecule has 3 aromatic carbocycles. The number of rotatable bonds is 15. The van der Waals surface area contributed by atoms with Crippen LogP contribution in [0.15, 0.2) is 60.7 Å². The maximum atomic E-state index is 14.4. The first-order valence-corrected chi connectivity index (χ1v) is 14.2. The lowest BCUT2D eigenvalue weighted by Gasteiger charge is -2.11. The van der Waals surface area contributed by atoms with E-state index in [0.29, 0.717) is 6.61 Å². The summed E-state index contributed by atoms with van der Waals surface area (Å²) >= 11 is 0. The van der Waals surface area contributed by atoms with Gasteiger partial charge in [0, 0.05) is 12.1 Å². The van der Waals surface area contributed by atoms with Crippen molar-refractivity contribution in [2.45, 2.75) is 65.0 Å². The molecule has 3 aromatic rings. The summed E-state index contributed by atoms with van der Waals surface area (Å²) in [6.07, 6.45) is 1.39. The fourth-order valence-corrected chi connectivity index (χ4v) is 4.56. The van der Waals surface area contributed by atoms with Gasteiger partial charge in [-0.1, -0.05) is 49.6 Å². The van der Waals surface area contributed by atoms with E-state index >= 15 is 0 Å². The number of unbranched alkanes of at least 4 members (excludes halogenated alkanes) is 4. The zero-order valence-corrected chi connectivity index (χ0v) is 24.0. The van der Waals surface area contributed by atoms with Crippen LogP contribution in [0.5, 0.6) is 5.75 Å². The van der Waals surface area contributed by atoms with Crippen molar-refractivity contribution in [3.05, 3.63) is 88.7 Å². The van der Waals surface area contributed by atoms with Crippen LogP contribution in [0.25, 0.3) is 11.1 Å². The van der Waals surface area contributed by atoms with Crippen molar-refractivity contribution in [1.29, 1.82) is 0 Å². The second-order valence-electron chi connectivity index (χ2n) is 10.0. The molecule has 0 radical (unpaired) electrons. The van der Waals surface area contributed by atoms with Crippen molar-refractivity contribution in [2.24, 2.45) is 0 Å². The Morgan fingerprint density at radius 2 is 1.60 bits per heavy atom. The zero-order valence-electron chi connectivity index (χ0n) is 24.0. The van der Waals surface area contributed by atoms with Crippen molar-refractivity contribution in [1.82, 2.24) is 5.32 Å². The Kier molecular flexibility index (Phi) is 12.4. The lowest BCUT2D eigenvalue weighted by Crippen LogP contribution is -2.26. The lowest BCUT2D eigenvalue weighted by molar-refractivity contribution is -0.143. The van der Waals surface area contributed by atoms with Crippen molar-refractivity contribution in [3.8, 4) is 16.9 Å². The summed E-state index contributed by atoms with van der Waals surface area (Å²) in [7, 11) is 0. The normalized spacial score (nSPS) is 11.3. The van der Waals surface area contributed by atoms with Gasteiger partial charge in [0.15, 0.2) is 11.6 Å². The standard InChI is InChI=1S/C33H37F4NO4/c1-3-41-31(39)18-19-38-32(40)26-13-17-30(29(34)22-26)42-20-8-6-4-5-7-9-24-10-16-28(23(2)21-24)25-11-14-27(15-12-25)33(35,36)37/h10-17,21-22H,3-9,18-20H2,1-2H3,(H,38,40). The van der Waals surface area contributed by atoms with Crippen LogP contribution in [-0.4, -0.2) is 31.6 Å². The predicted molar refractivity (Wildman–Crippen MR) is 154 cm³/mol. The van der Waals surface area contributed by atoms with Gasteiger partial charge in [0.1, 0.15) is 0 Å². The maximum Gasteiger partial charge on any atom is 0.416 e. The van der Waals surface area contributed by atoms with Gasteiger partial charge < -0.3 is 14.8 Å². The van der Waals surface area contributed by atoms with E-state index in [0.717, 1.165) is 73.4 Å². The molecule has 0 fully saturated rings. The van der Waals surface area contributed by atoms with Gasteiger partial charge in [-0.3, -0.25) is 9.59 Å². The lowest BCUT2D eigenvalue weighted by atomic mass is 9.96. The van der Waals surface area contributed by atoms with Gasteiger partial charge in [0.25, 0.3) is 5.91 Å². The number of alkyl halides is 3. The Morgan fingerprint density at radius 1 is 0.881 bits per heavy atom. The van der Waals surface area contributed by atoms with Crippen molar-refractivity contribution >= 4 is 11.9 Å². The molecule has 0 saturated carbocycles. The van der Waals surface area contributed by atoms with Crippen LogP contribution in [-0.2, 0) is 22.1 Å². The minimum Gasteiger partial charge on any atom is -0.491 e. The van der Waals surface area contributed by atoms with E-state index in [1.54, 1.807) is 6.92 Å². The zero-order chi connectivity index (χ0) is 30.5. The molecule has 0 spiro atoms. The van der Waals surface area contributed by atoms with Crippen LogP contribution in [0.1, 0.15) is 72.5 Å². The third-order valence-corrected chi connectivity index (χ3v) is 6.80. The number of carbonyl (C=O) groups excluding carboxylic acids is 2. The number of benzene rings is 3. The number of hydrogen-bond acceptors (Lipinski definition) is 4. The Balaban J connectivity index is 1.32. The molecule has 3 rings (SSSR count). The van der Waals surface area contributed by atoms with Crippen molar-refractivity contribution in [2.75, 3.05) is 19.8 Å². The summed E-state index contributed by atoms with van der Waals surface area (Å²) in [5.74, 6) is -1.41. The average Bonchev–Trinajstić information content (AvgIpc) is 2.95. The number of esters is 1. The molecule has 0 bridgehead atoms. The smallest absolute Gasteiger partial charge is 0.416 e. The van der Waals surface area contributed by atoms with Crippen molar-refractivity contribution < 1.29 is 36.6 Å². The Morgan fingerprint density at radius 3 is 2.26 bits per heavy atom. The minimum atomic E-state index is -4.34. The Hall–Kier alpha value is -3.88. The number of hydrogen-bond donors (Lipinski definition) is 1. The van der Waals surface area contributed by atoms with Crippen molar-refractivity contribution in [3.63, 3.8) is 0 Å². The third kappa shape index (κ3) is 10.2. The first-order valence-electron chi connectivity index (χ1n) is 14.2. The second-order valence-corrected chi connectivity index (χ2v) is 10.0. The quantitative estimate of drug-likeness (QED) is 0.111. The van der Waals surface area contributed by atoms with Gasteiger partial charge in [0.2, 0.25) is 0 Å². The van der Waals surface area contributed by atoms with Gasteiger partial charge in [-0.15, -0.1) is 0 Å². The van der Waals surface area contributed by atoms with E-state index in [9.17, 15) is 27.2 Å². The predicted octanol–water partition coefficient (Wildman–Crippen LogP) is 8.07. The number of amides is 1. The average molecular weight is 588 g/mol. The number of ether oxygens (including phenoxy) is 2. The van der Waals surface area contributed by atoms with Gasteiger partial charge in [0.05, 0.1) is 25.2 Å². The SMILES string of the molecule is CCOC(=O)CCNC(=O)c1ccc(OCCCCCCCc2ccc(-c3ccc(C(F)(F)F)cc3)c(C)c2)c(F)c1. The largest absolute Gasteiger partial charge is 0.491 e. The van der Waals surface area contributed by atoms with Crippen LogP contribution in [0.2, 0.25) is 0 Å². The van der Waals surface area contributed by atoms with E-state index in [1.807, 2.05) is 19.1 Å². The van der Waals surface area contributed by atoms with Gasteiger partial charge in [-0.25, -0.2) is 4.39 Å². The summed E-state index contributed by atoms with van der Waals surface area (Å²) in [5, 5.41) is 2.56. The van der Waals surface area contributed by atoms with Crippen LogP contribution in [0.4, 0.5) is 17.6 Å². The molecule has 226 valence electrons. The molecular formula is C33H37F4NO4. The highest BCUT2D eigenvalue weighted by Gasteiger charge is 2.30. The fourth-order valence-electron chi connectivity index (χ4n) is 4.56. The van der Waals surface area contributed by atoms with Crippen LogP contribution >= 0.6 is 0 Å². The molecule has 5 nitrogen and oxygen atoms in total. The van der Waals surface area contributed by atoms with E-state index in [1.165, 1.54) is 29.8 Å². The third-order valence-electron chi connectivity index (χ3n) is 6.80. The van der Waals surface area contributed by atoms with Gasteiger partial charge in [-0.05, 0) is 85.7 Å². The maximum absolute atomic E-state index is 14.4. The first-order chi connectivity index (χ1) is 20.1. The molecule has 1 N–H and O–H groups in total. The minimum absolute atomic E-state index is 0.0463. The molecule has 1 amide bonds. The second kappa shape index (κ2) is 15.9. The first kappa shape index (κ1) is 32.6. The van der Waals surface area contributed by atoms with Crippen LogP contribution in [0, 0.1) is 12.7 Å². The molecule has 0 unspecified atom stereocenters. The Labute approximate surface area is 244 Å². The summed E-state index contributed by atoms with van der Waals surface area (Å²) < 4.78 is 63.2. The topological polar surface area (TPSA) is 64.6 Å². The summed E-state index contributed by atoms with van der Waals surface area (Å²) in [6.45, 7) is 4.42. The molecule has 0 aliphatic carbocycles. The number of aryl methyl sites for hydroxylation is 2. The monoisotopic (exact) mass is 587 g/mol. The van der Waals surface area contributed by atoms with Gasteiger partial charge >= 0.3 is 12.1 Å². The van der Waals surface area contributed by atoms with E-state index in [-0.39, 0.29) is 30.9 Å². The van der Waals surface area contributed by atoms with Crippen LogP contribution in [0.3, 0.4) is 0 Å². The molecular weight excluding hydrogens is 550 g/mol. The molecule has 0 aliphatic rings. The summed E-state index contributed by atoms with van der Waals surface area (Å²) in [6, 6.07) is 15.4. The number of halogens is 4. The van der Waals surface area contributed by atoms with E-state index < -0.39 is 29.4 Å². The van der Waals surface area contributed by atoms with Gasteiger partial charge in [-0.2, -0.15) is 13.2 Å². The molecule has 0 aromatic heterocycles. The molecule has 0 heterocycles. The highest BCUT2D eigenvalue weighted by Crippen LogP contribution is 2.32. The number of nitrogens with one attached hydrogen (secondary N) is 1. The highest BCUT2D eigenvalue weighted by molar-refractivity contribution is 5.94.